The van der Waals surface area contributed by atoms with Crippen LogP contribution in [0.25, 0.3) is 6.08 Å². The summed E-state index contributed by atoms with van der Waals surface area (Å²) in [6.45, 7) is 0. The number of primary amides is 1. The summed E-state index contributed by atoms with van der Waals surface area (Å²) in [7, 11) is 0. The molecular formula is C8H7BrN2O2. The minimum Gasteiger partial charge on any atom is -0.366 e. The predicted octanol–water partition coefficient (Wildman–Crippen LogP) is 0.636. The van der Waals surface area contributed by atoms with Gasteiger partial charge in [-0.15, -0.1) is 0 Å². The van der Waals surface area contributed by atoms with Gasteiger partial charge in [0.1, 0.15) is 0 Å². The number of nitrogens with two attached hydrogens (primary N) is 1. The first-order valence-corrected chi connectivity index (χ1v) is 4.24. The number of H-pyrrole nitrogens is 1. The Labute approximate surface area is 82.6 Å². The molecule has 0 bridgehead atoms. The van der Waals surface area contributed by atoms with Crippen molar-refractivity contribution in [3.63, 3.8) is 0 Å². The molecule has 1 heterocycles. The van der Waals surface area contributed by atoms with Crippen molar-refractivity contribution in [1.29, 1.82) is 0 Å². The van der Waals surface area contributed by atoms with Crippen molar-refractivity contribution in [3.05, 3.63) is 38.7 Å². The normalized spacial score (nSPS) is 10.5. The Kier molecular flexibility index (Phi) is 3.02. The van der Waals surface area contributed by atoms with Crippen molar-refractivity contribution in [2.45, 2.75) is 0 Å². The van der Waals surface area contributed by atoms with Crippen molar-refractivity contribution in [1.82, 2.24) is 4.98 Å². The number of rotatable bonds is 2. The van der Waals surface area contributed by atoms with Crippen LogP contribution in [-0.4, -0.2) is 10.9 Å². The molecule has 0 spiro atoms. The average Bonchev–Trinajstić information content (AvgIpc) is 2.06. The zero-order valence-corrected chi connectivity index (χ0v) is 8.17. The van der Waals surface area contributed by atoms with Crippen LogP contribution in [-0.2, 0) is 4.79 Å². The minimum absolute atomic E-state index is 0.263. The van der Waals surface area contributed by atoms with Gasteiger partial charge in [-0.1, -0.05) is 0 Å². The number of nitrogens with one attached hydrogen (secondary N) is 1. The third-order valence-corrected chi connectivity index (χ3v) is 1.78. The Morgan fingerprint density at radius 1 is 1.62 bits per heavy atom. The summed E-state index contributed by atoms with van der Waals surface area (Å²) in [5.74, 6) is -0.584. The number of amides is 1. The van der Waals surface area contributed by atoms with E-state index in [0.29, 0.717) is 5.56 Å². The summed E-state index contributed by atoms with van der Waals surface area (Å²) in [5, 5.41) is 0. The van der Waals surface area contributed by atoms with Gasteiger partial charge < -0.3 is 10.7 Å². The first-order chi connectivity index (χ1) is 6.09. The van der Waals surface area contributed by atoms with Crippen LogP contribution in [0.3, 0.4) is 0 Å². The summed E-state index contributed by atoms with van der Waals surface area (Å²) < 4.78 is 0.733. The Morgan fingerprint density at radius 2 is 2.31 bits per heavy atom. The Hall–Kier alpha value is -1.36. The molecule has 4 nitrogen and oxygen atoms in total. The van der Waals surface area contributed by atoms with Crippen LogP contribution in [0.5, 0.6) is 0 Å². The molecule has 0 aliphatic heterocycles. The van der Waals surface area contributed by atoms with E-state index < -0.39 is 5.91 Å². The molecule has 0 saturated heterocycles. The number of aromatic amines is 1. The number of carbonyl (C=O) groups is 1. The number of pyridine rings is 1. The summed E-state index contributed by atoms with van der Waals surface area (Å²) >= 11 is 3.18. The maximum atomic E-state index is 11.1. The fourth-order valence-corrected chi connectivity index (χ4v) is 1.13. The topological polar surface area (TPSA) is 76.0 Å². The van der Waals surface area contributed by atoms with Crippen LogP contribution in [0.15, 0.2) is 27.6 Å². The molecule has 0 radical (unpaired) electrons. The lowest BCUT2D eigenvalue weighted by Gasteiger charge is -1.92. The molecule has 0 fully saturated rings. The second-order valence-electron chi connectivity index (χ2n) is 2.34. The molecule has 1 aromatic heterocycles. The molecule has 0 atom stereocenters. The van der Waals surface area contributed by atoms with Gasteiger partial charge in [0, 0.05) is 22.3 Å². The van der Waals surface area contributed by atoms with Crippen molar-refractivity contribution in [2.24, 2.45) is 5.73 Å². The first-order valence-electron chi connectivity index (χ1n) is 3.45. The maximum Gasteiger partial charge on any atom is 0.255 e. The van der Waals surface area contributed by atoms with Gasteiger partial charge in [-0.25, -0.2) is 0 Å². The number of hydrogen-bond donors (Lipinski definition) is 2. The van der Waals surface area contributed by atoms with Gasteiger partial charge in [-0.3, -0.25) is 9.59 Å². The highest BCUT2D eigenvalue weighted by Gasteiger charge is 1.95. The lowest BCUT2D eigenvalue weighted by molar-refractivity contribution is -0.113. The summed E-state index contributed by atoms with van der Waals surface area (Å²) in [4.78, 5) is 24.0. The van der Waals surface area contributed by atoms with Crippen LogP contribution in [0, 0.1) is 0 Å². The third kappa shape index (κ3) is 2.87. The molecule has 5 heteroatoms. The van der Waals surface area contributed by atoms with Crippen molar-refractivity contribution in [3.8, 4) is 0 Å². The van der Waals surface area contributed by atoms with Crippen LogP contribution in [0.2, 0.25) is 0 Å². The van der Waals surface area contributed by atoms with Crippen LogP contribution in [0.4, 0.5) is 0 Å². The fraction of sp³-hybridized carbons (Fsp3) is 0. The highest BCUT2D eigenvalue weighted by Crippen LogP contribution is 2.07. The first kappa shape index (κ1) is 9.73. The summed E-state index contributed by atoms with van der Waals surface area (Å²) in [6, 6.07) is 1.60. The van der Waals surface area contributed by atoms with Gasteiger partial charge >= 0.3 is 0 Å². The van der Waals surface area contributed by atoms with Gasteiger partial charge in [0.2, 0.25) is 5.91 Å². The molecule has 1 aromatic rings. The van der Waals surface area contributed by atoms with Gasteiger partial charge in [0.05, 0.1) is 0 Å². The van der Waals surface area contributed by atoms with E-state index in [4.69, 9.17) is 5.73 Å². The van der Waals surface area contributed by atoms with Crippen LogP contribution >= 0.6 is 15.9 Å². The molecule has 3 N–H and O–H groups in total. The largest absolute Gasteiger partial charge is 0.366 e. The average molecular weight is 243 g/mol. The van der Waals surface area contributed by atoms with Gasteiger partial charge in [0.25, 0.3) is 5.56 Å². The quantitative estimate of drug-likeness (QED) is 0.747. The maximum absolute atomic E-state index is 11.1. The molecule has 0 aliphatic carbocycles. The van der Waals surface area contributed by atoms with Gasteiger partial charge in [-0.2, -0.15) is 0 Å². The lowest BCUT2D eigenvalue weighted by atomic mass is 10.2. The number of carbonyl (C=O) groups excluding carboxylic acids is 1. The molecule has 0 saturated carbocycles. The SMILES string of the molecule is NC(=O)C=Cc1cc(Br)c[nH]c1=O. The van der Waals surface area contributed by atoms with E-state index in [2.05, 4.69) is 20.9 Å². The highest BCUT2D eigenvalue weighted by molar-refractivity contribution is 9.10. The second-order valence-corrected chi connectivity index (χ2v) is 3.25. The highest BCUT2D eigenvalue weighted by atomic mass is 79.9. The zero-order valence-electron chi connectivity index (χ0n) is 6.58. The summed E-state index contributed by atoms with van der Waals surface area (Å²) in [5.41, 5.74) is 5.00. The van der Waals surface area contributed by atoms with E-state index in [9.17, 15) is 9.59 Å². The van der Waals surface area contributed by atoms with Crippen molar-refractivity contribution < 1.29 is 4.79 Å². The Balaban J connectivity index is 3.07. The predicted molar refractivity (Wildman–Crippen MR) is 53.0 cm³/mol. The number of aromatic nitrogens is 1. The fourth-order valence-electron chi connectivity index (χ4n) is 0.769. The van der Waals surface area contributed by atoms with Crippen molar-refractivity contribution >= 4 is 27.9 Å². The molecular weight excluding hydrogens is 236 g/mol. The van der Waals surface area contributed by atoms with E-state index in [-0.39, 0.29) is 5.56 Å². The molecule has 0 unspecified atom stereocenters. The van der Waals surface area contributed by atoms with Crippen LogP contribution in [0.1, 0.15) is 5.56 Å². The molecule has 1 amide bonds. The Morgan fingerprint density at radius 3 is 2.92 bits per heavy atom. The van der Waals surface area contributed by atoms with E-state index in [1.54, 1.807) is 6.07 Å². The van der Waals surface area contributed by atoms with Gasteiger partial charge in [0.15, 0.2) is 0 Å². The number of halogens is 1. The third-order valence-electron chi connectivity index (χ3n) is 1.32. The zero-order chi connectivity index (χ0) is 9.84. The molecule has 68 valence electrons. The van der Waals surface area contributed by atoms with E-state index in [1.165, 1.54) is 12.3 Å². The minimum atomic E-state index is -0.584. The lowest BCUT2D eigenvalue weighted by Crippen LogP contribution is -2.09. The molecule has 0 aromatic carbocycles. The van der Waals surface area contributed by atoms with E-state index >= 15 is 0 Å². The number of hydrogen-bond acceptors (Lipinski definition) is 2. The summed E-state index contributed by atoms with van der Waals surface area (Å²) in [6.07, 6.45) is 4.02. The van der Waals surface area contributed by atoms with E-state index in [0.717, 1.165) is 10.5 Å². The smallest absolute Gasteiger partial charge is 0.255 e. The van der Waals surface area contributed by atoms with Crippen molar-refractivity contribution in [2.75, 3.05) is 0 Å². The van der Waals surface area contributed by atoms with Gasteiger partial charge in [-0.05, 0) is 28.1 Å². The Bertz CT molecular complexity index is 409. The molecule has 1 rings (SSSR count). The second kappa shape index (κ2) is 4.04. The van der Waals surface area contributed by atoms with E-state index in [1.807, 2.05) is 0 Å². The molecule has 13 heavy (non-hydrogen) atoms. The van der Waals surface area contributed by atoms with Crippen LogP contribution < -0.4 is 11.3 Å². The standard InChI is InChI=1S/C8H7BrN2O2/c9-6-3-5(1-2-7(10)12)8(13)11-4-6/h1-4H,(H2,10,12)(H,11,13). The monoisotopic (exact) mass is 242 g/mol. The molecule has 0 aliphatic rings.